The molecule has 3 aromatic rings. The fourth-order valence-corrected chi connectivity index (χ4v) is 2.46. The zero-order chi connectivity index (χ0) is 15.1. The average molecular weight is 284 g/mol. The lowest BCUT2D eigenvalue weighted by molar-refractivity contribution is -0.384. The molecule has 0 amide bonds. The normalized spacial score (nSPS) is 11.0. The van der Waals surface area contributed by atoms with Crippen LogP contribution in [0.1, 0.15) is 11.1 Å². The van der Waals surface area contributed by atoms with E-state index in [2.05, 4.69) is 10.3 Å². The lowest BCUT2D eigenvalue weighted by Crippen LogP contribution is -1.96. The zero-order valence-corrected chi connectivity index (χ0v) is 11.4. The molecule has 0 bridgehead atoms. The van der Waals surface area contributed by atoms with Crippen LogP contribution in [0.4, 0.5) is 5.69 Å². The molecule has 1 N–H and O–H groups in total. The fourth-order valence-electron chi connectivity index (χ4n) is 2.46. The van der Waals surface area contributed by atoms with Crippen LogP contribution in [0.15, 0.2) is 30.3 Å². The maximum absolute atomic E-state index is 11.3. The molecular weight excluding hydrogens is 272 g/mol. The van der Waals surface area contributed by atoms with Gasteiger partial charge in [-0.3, -0.25) is 10.1 Å². The molecule has 21 heavy (non-hydrogen) atoms. The summed E-state index contributed by atoms with van der Waals surface area (Å²) in [5.74, 6) is 0. The van der Waals surface area contributed by atoms with Crippen molar-refractivity contribution >= 4 is 16.7 Å². The summed E-state index contributed by atoms with van der Waals surface area (Å²) >= 11 is 0. The van der Waals surface area contributed by atoms with Crippen LogP contribution in [-0.4, -0.2) is 25.3 Å². The van der Waals surface area contributed by atoms with Gasteiger partial charge >= 0.3 is 0 Å². The third kappa shape index (κ3) is 2.18. The maximum Gasteiger partial charge on any atom is 0.279 e. The van der Waals surface area contributed by atoms with E-state index in [0.29, 0.717) is 15.9 Å². The lowest BCUT2D eigenvalue weighted by Gasteiger charge is -2.06. The number of hydrogen-bond acceptors (Lipinski definition) is 5. The zero-order valence-electron chi connectivity index (χ0n) is 11.4. The van der Waals surface area contributed by atoms with Crippen LogP contribution in [0.3, 0.4) is 0 Å². The molecule has 2 aromatic carbocycles. The van der Waals surface area contributed by atoms with Crippen LogP contribution in [0.5, 0.6) is 0 Å². The first kappa shape index (κ1) is 13.0. The molecule has 7 heteroatoms. The molecule has 1 aromatic heterocycles. The van der Waals surface area contributed by atoms with Gasteiger partial charge in [-0.05, 0) is 30.7 Å². The van der Waals surface area contributed by atoms with E-state index in [1.807, 2.05) is 32.0 Å². The highest BCUT2D eigenvalue weighted by Crippen LogP contribution is 2.34. The Labute approximate surface area is 119 Å². The number of aryl methyl sites for hydroxylation is 2. The summed E-state index contributed by atoms with van der Waals surface area (Å²) in [5.41, 5.74) is 3.75. The molecule has 0 aliphatic heterocycles. The highest BCUT2D eigenvalue weighted by molar-refractivity contribution is 5.88. The third-order valence-electron chi connectivity index (χ3n) is 3.27. The number of nitrogens with zero attached hydrogens (tertiary/aromatic N) is 4. The maximum atomic E-state index is 11.3. The quantitative estimate of drug-likeness (QED) is 0.443. The van der Waals surface area contributed by atoms with Crippen molar-refractivity contribution in [2.45, 2.75) is 13.8 Å². The number of hydrogen-bond donors (Lipinski definition) is 1. The van der Waals surface area contributed by atoms with Crippen molar-refractivity contribution in [2.24, 2.45) is 0 Å². The minimum absolute atomic E-state index is 0.0925. The van der Waals surface area contributed by atoms with Crippen molar-refractivity contribution in [3.8, 4) is 11.1 Å². The fraction of sp³-hybridized carbons (Fsp3) is 0.143. The van der Waals surface area contributed by atoms with Gasteiger partial charge in [0.15, 0.2) is 0 Å². The molecule has 0 spiro atoms. The van der Waals surface area contributed by atoms with E-state index in [0.717, 1.165) is 16.7 Å². The molecule has 106 valence electrons. The Kier molecular flexibility index (Phi) is 2.83. The van der Waals surface area contributed by atoms with Crippen LogP contribution < -0.4 is 0 Å². The van der Waals surface area contributed by atoms with Gasteiger partial charge in [-0.15, -0.1) is 5.10 Å². The average Bonchev–Trinajstić information content (AvgIpc) is 2.77. The van der Waals surface area contributed by atoms with Crippen LogP contribution >= 0.6 is 0 Å². The molecule has 0 unspecified atom stereocenters. The van der Waals surface area contributed by atoms with Crippen LogP contribution in [0.2, 0.25) is 0 Å². The molecule has 0 radical (unpaired) electrons. The molecule has 3 rings (SSSR count). The highest BCUT2D eigenvalue weighted by atomic mass is 16.6. The van der Waals surface area contributed by atoms with E-state index in [-0.39, 0.29) is 11.2 Å². The van der Waals surface area contributed by atoms with Gasteiger partial charge in [0, 0.05) is 6.07 Å². The number of rotatable bonds is 2. The number of benzene rings is 2. The summed E-state index contributed by atoms with van der Waals surface area (Å²) in [5, 5.41) is 28.1. The number of fused-ring (bicyclic) bond motifs is 1. The first-order valence-corrected chi connectivity index (χ1v) is 6.27. The molecule has 0 fully saturated rings. The molecule has 0 aliphatic rings. The summed E-state index contributed by atoms with van der Waals surface area (Å²) < 4.78 is 0. The van der Waals surface area contributed by atoms with Crippen molar-refractivity contribution in [3.05, 3.63) is 51.6 Å². The second-order valence-corrected chi connectivity index (χ2v) is 4.97. The third-order valence-corrected chi connectivity index (χ3v) is 3.27. The van der Waals surface area contributed by atoms with E-state index in [1.165, 1.54) is 6.07 Å². The molecule has 1 heterocycles. The van der Waals surface area contributed by atoms with Gasteiger partial charge in [-0.25, -0.2) is 0 Å². The van der Waals surface area contributed by atoms with Gasteiger partial charge in [0.25, 0.3) is 5.69 Å². The molecule has 0 atom stereocenters. The first-order chi connectivity index (χ1) is 9.95. The van der Waals surface area contributed by atoms with Gasteiger partial charge in [-0.1, -0.05) is 34.2 Å². The highest BCUT2D eigenvalue weighted by Gasteiger charge is 2.20. The van der Waals surface area contributed by atoms with Crippen LogP contribution in [0, 0.1) is 24.0 Å². The largest absolute Gasteiger partial charge is 0.410 e. The summed E-state index contributed by atoms with van der Waals surface area (Å²) in [7, 11) is 0. The Balaban J connectivity index is 2.34. The molecule has 0 saturated heterocycles. The van der Waals surface area contributed by atoms with E-state index in [4.69, 9.17) is 0 Å². The second kappa shape index (κ2) is 4.55. The predicted octanol–water partition coefficient (Wildman–Crippen LogP) is 2.86. The minimum atomic E-state index is -0.473. The predicted molar refractivity (Wildman–Crippen MR) is 76.3 cm³/mol. The van der Waals surface area contributed by atoms with Crippen molar-refractivity contribution in [2.75, 3.05) is 0 Å². The summed E-state index contributed by atoms with van der Waals surface area (Å²) in [6.45, 7) is 3.87. The Bertz CT molecular complexity index is 850. The Hall–Kier alpha value is -2.96. The standard InChI is InChI=1S/C14H12N4O3/c1-8-3-9(2)5-10(4-8)11-6-12-14(17(19)16-15-12)7-13(11)18(20)21/h3-7,19H,1-2H3. The minimum Gasteiger partial charge on any atom is -0.410 e. The van der Waals surface area contributed by atoms with Crippen molar-refractivity contribution in [3.63, 3.8) is 0 Å². The van der Waals surface area contributed by atoms with E-state index < -0.39 is 4.92 Å². The van der Waals surface area contributed by atoms with Gasteiger partial charge in [0.2, 0.25) is 0 Å². The van der Waals surface area contributed by atoms with Gasteiger partial charge in [-0.2, -0.15) is 0 Å². The monoisotopic (exact) mass is 284 g/mol. The van der Waals surface area contributed by atoms with Crippen molar-refractivity contribution in [1.29, 1.82) is 0 Å². The summed E-state index contributed by atoms with van der Waals surface area (Å²) in [4.78, 5) is 11.4. The Morgan fingerprint density at radius 2 is 1.81 bits per heavy atom. The van der Waals surface area contributed by atoms with Crippen molar-refractivity contribution < 1.29 is 10.1 Å². The van der Waals surface area contributed by atoms with Crippen molar-refractivity contribution in [1.82, 2.24) is 15.2 Å². The van der Waals surface area contributed by atoms with E-state index in [1.54, 1.807) is 6.07 Å². The molecule has 7 nitrogen and oxygen atoms in total. The van der Waals surface area contributed by atoms with Gasteiger partial charge in [0.05, 0.1) is 10.5 Å². The number of aromatic nitrogens is 3. The van der Waals surface area contributed by atoms with E-state index >= 15 is 0 Å². The van der Waals surface area contributed by atoms with Gasteiger partial charge in [0.1, 0.15) is 11.0 Å². The smallest absolute Gasteiger partial charge is 0.279 e. The topological polar surface area (TPSA) is 94.1 Å². The number of nitro groups is 1. The van der Waals surface area contributed by atoms with Crippen LogP contribution in [-0.2, 0) is 0 Å². The Morgan fingerprint density at radius 1 is 1.14 bits per heavy atom. The lowest BCUT2D eigenvalue weighted by atomic mass is 9.99. The Morgan fingerprint density at radius 3 is 2.43 bits per heavy atom. The van der Waals surface area contributed by atoms with Gasteiger partial charge < -0.3 is 5.21 Å². The molecular formula is C14H12N4O3. The van der Waals surface area contributed by atoms with E-state index in [9.17, 15) is 15.3 Å². The molecule has 0 aliphatic carbocycles. The second-order valence-electron chi connectivity index (χ2n) is 4.97. The first-order valence-electron chi connectivity index (χ1n) is 6.27. The summed E-state index contributed by atoms with van der Waals surface area (Å²) in [6.07, 6.45) is 0. The number of nitro benzene ring substituents is 1. The van der Waals surface area contributed by atoms with Crippen LogP contribution in [0.25, 0.3) is 22.2 Å². The SMILES string of the molecule is Cc1cc(C)cc(-c2cc3nnn(O)c3cc2[N+](=O)[O-])c1. The molecule has 0 saturated carbocycles. The summed E-state index contributed by atoms with van der Waals surface area (Å²) in [6, 6.07) is 8.61.